The van der Waals surface area contributed by atoms with Crippen LogP contribution < -0.4 is 5.32 Å². The Bertz CT molecular complexity index is 516. The van der Waals surface area contributed by atoms with E-state index in [0.717, 1.165) is 39.0 Å². The molecular weight excluding hydrogens is 431 g/mol. The number of benzene rings is 1. The van der Waals surface area contributed by atoms with Crippen LogP contribution in [0.3, 0.4) is 0 Å². The number of hydrogen-bond donors (Lipinski definition) is 1. The predicted octanol–water partition coefficient (Wildman–Crippen LogP) is 3.28. The Balaban J connectivity index is 0.000000684. The van der Waals surface area contributed by atoms with Gasteiger partial charge in [0, 0.05) is 51.2 Å². The van der Waals surface area contributed by atoms with E-state index in [0.29, 0.717) is 0 Å². The van der Waals surface area contributed by atoms with E-state index in [4.69, 9.17) is 4.74 Å². The van der Waals surface area contributed by atoms with Gasteiger partial charge in [0.2, 0.25) is 0 Å². The van der Waals surface area contributed by atoms with Crippen LogP contribution in [0, 0.1) is 11.5 Å². The van der Waals surface area contributed by atoms with Gasteiger partial charge in [0.05, 0.1) is 0 Å². The molecule has 2 aliphatic heterocycles. The van der Waals surface area contributed by atoms with E-state index in [9.17, 15) is 9.59 Å². The Morgan fingerprint density at radius 2 is 1.75 bits per heavy atom. The van der Waals surface area contributed by atoms with Crippen LogP contribution >= 0.6 is 0 Å². The quantitative estimate of drug-likeness (QED) is 0.695. The molecule has 1 radical (unpaired) electrons. The van der Waals surface area contributed by atoms with Crippen LogP contribution in [0.25, 0.3) is 5.32 Å². The molecule has 0 bridgehead atoms. The summed E-state index contributed by atoms with van der Waals surface area (Å²) in [7, 11) is 1.68. The van der Waals surface area contributed by atoms with Crippen molar-refractivity contribution in [2.45, 2.75) is 39.7 Å². The van der Waals surface area contributed by atoms with Crippen molar-refractivity contribution in [2.75, 3.05) is 39.8 Å². The molecule has 1 atom stereocenters. The van der Waals surface area contributed by atoms with Crippen LogP contribution in [0.4, 0.5) is 4.79 Å². The molecule has 0 aliphatic carbocycles. The van der Waals surface area contributed by atoms with Crippen molar-refractivity contribution in [3.63, 3.8) is 0 Å². The molecule has 2 heterocycles. The molecule has 1 amide bonds. The zero-order valence-electron chi connectivity index (χ0n) is 17.6. The Hall–Kier alpha value is -0.816. The molecule has 3 rings (SSSR count). The molecule has 1 spiro atoms. The van der Waals surface area contributed by atoms with E-state index in [1.165, 1.54) is 6.92 Å². The van der Waals surface area contributed by atoms with Crippen LogP contribution in [-0.4, -0.2) is 62.7 Å². The minimum Gasteiger partial charge on any atom is -0.662 e. The number of carbonyl (C=O) groups is 2. The number of nitrogens with one attached hydrogen (secondary N) is 1. The second-order valence-electron chi connectivity index (χ2n) is 6.63. The number of ether oxygens (including phenoxy) is 1. The van der Waals surface area contributed by atoms with Crippen LogP contribution in [0.15, 0.2) is 30.3 Å². The molecule has 1 aromatic rings. The topological polar surface area (TPSA) is 72.7 Å². The molecule has 155 valence electrons. The average Bonchev–Trinajstić information content (AvgIpc) is 2.70. The summed E-state index contributed by atoms with van der Waals surface area (Å²) in [5.41, 5.74) is 0.282. The predicted molar refractivity (Wildman–Crippen MR) is 108 cm³/mol. The molecule has 2 aliphatic rings. The maximum atomic E-state index is 11.8. The number of Topliss-reactive ketones (excluding diaryl/α,β-unsaturated/α-hetero) is 1. The van der Waals surface area contributed by atoms with Gasteiger partial charge in [0.15, 0.2) is 0 Å². The standard InChI is InChI=1S/C13H22N3O3.C6H5.C2H6.Y/c1-10(17)11(14-2)7-19-12(18)16-8-13(9-16)3-5-15-6-4-13;1-2-4-6-5-3-1;1-2;/h11,14H,3-9H2,1-2H3;1-5H;1-2H3;/q2*-1;;. The first-order chi connectivity index (χ1) is 13.1. The third-order valence-electron chi connectivity index (χ3n) is 4.73. The number of rotatable bonds is 4. The zero-order chi connectivity index (χ0) is 20.1. The first-order valence-electron chi connectivity index (χ1n) is 9.70. The fourth-order valence-electron chi connectivity index (χ4n) is 3.07. The van der Waals surface area contributed by atoms with Gasteiger partial charge < -0.3 is 20.3 Å². The van der Waals surface area contributed by atoms with Crippen molar-refractivity contribution in [3.05, 3.63) is 41.7 Å². The van der Waals surface area contributed by atoms with Gasteiger partial charge in [-0.25, -0.2) is 4.79 Å². The number of ketones is 1. The minimum atomic E-state index is -0.410. The molecule has 7 heteroatoms. The van der Waals surface area contributed by atoms with Crippen LogP contribution in [0.1, 0.15) is 33.6 Å². The van der Waals surface area contributed by atoms with Crippen molar-refractivity contribution >= 4 is 11.9 Å². The summed E-state index contributed by atoms with van der Waals surface area (Å²) < 4.78 is 5.17. The monoisotopic (exact) mass is 464 g/mol. The number of hydrogen-bond acceptors (Lipinski definition) is 4. The normalized spacial score (nSPS) is 17.4. The maximum absolute atomic E-state index is 11.8. The van der Waals surface area contributed by atoms with Gasteiger partial charge in [0.1, 0.15) is 18.4 Å². The van der Waals surface area contributed by atoms with E-state index in [-0.39, 0.29) is 56.6 Å². The van der Waals surface area contributed by atoms with Gasteiger partial charge in [-0.1, -0.05) is 26.7 Å². The molecule has 28 heavy (non-hydrogen) atoms. The summed E-state index contributed by atoms with van der Waals surface area (Å²) in [6.45, 7) is 8.95. The van der Waals surface area contributed by atoms with Gasteiger partial charge >= 0.3 is 6.09 Å². The van der Waals surface area contributed by atoms with Crippen molar-refractivity contribution in [2.24, 2.45) is 5.41 Å². The largest absolute Gasteiger partial charge is 0.662 e. The number of likely N-dealkylation sites (N-methyl/N-ethyl adjacent to an activating group) is 1. The van der Waals surface area contributed by atoms with E-state index in [1.807, 2.05) is 44.2 Å². The van der Waals surface area contributed by atoms with Gasteiger partial charge in [-0.3, -0.25) is 4.79 Å². The van der Waals surface area contributed by atoms with Gasteiger partial charge in [-0.2, -0.15) is 36.4 Å². The molecule has 6 nitrogen and oxygen atoms in total. The number of piperidine rings is 1. The Morgan fingerprint density at radius 1 is 1.18 bits per heavy atom. The van der Waals surface area contributed by atoms with Gasteiger partial charge in [0.25, 0.3) is 0 Å². The number of amides is 1. The molecule has 1 unspecified atom stereocenters. The number of likely N-dealkylation sites (tertiary alicyclic amines) is 1. The Labute approximate surface area is 195 Å². The third kappa shape index (κ3) is 9.12. The number of carbonyl (C=O) groups excluding carboxylic acids is 2. The summed E-state index contributed by atoms with van der Waals surface area (Å²) in [4.78, 5) is 24.8. The molecule has 0 saturated carbocycles. The fourth-order valence-corrected chi connectivity index (χ4v) is 3.07. The second kappa shape index (κ2) is 15.1. The van der Waals surface area contributed by atoms with E-state index < -0.39 is 6.04 Å². The van der Waals surface area contributed by atoms with Crippen LogP contribution in [0.2, 0.25) is 0 Å². The summed E-state index contributed by atoms with van der Waals surface area (Å²) in [6, 6.07) is 12.1. The van der Waals surface area contributed by atoms with Crippen molar-refractivity contribution < 1.29 is 47.0 Å². The van der Waals surface area contributed by atoms with Crippen molar-refractivity contribution in [1.82, 2.24) is 10.2 Å². The van der Waals surface area contributed by atoms with E-state index >= 15 is 0 Å². The third-order valence-corrected chi connectivity index (χ3v) is 4.73. The summed E-state index contributed by atoms with van der Waals surface area (Å²) in [6.07, 6.45) is 1.84. The Kier molecular flexibility index (Phi) is 14.6. The molecule has 0 aromatic heterocycles. The SMILES string of the molecule is CC.CNC(COC(=O)N1CC2(CC[N-]CC2)C1)C(C)=O.[Y].[c-]1ccccc1. The summed E-state index contributed by atoms with van der Waals surface area (Å²) >= 11 is 0. The van der Waals surface area contributed by atoms with Gasteiger partial charge in [-0.05, 0) is 14.0 Å². The minimum absolute atomic E-state index is 0. The smallest absolute Gasteiger partial charge is 0.409 e. The van der Waals surface area contributed by atoms with E-state index in [1.54, 1.807) is 11.9 Å². The Morgan fingerprint density at radius 3 is 2.14 bits per heavy atom. The van der Waals surface area contributed by atoms with E-state index in [2.05, 4.69) is 16.7 Å². The second-order valence-corrected chi connectivity index (χ2v) is 6.63. The first kappa shape index (κ1) is 27.2. The maximum Gasteiger partial charge on any atom is 0.409 e. The molecule has 2 saturated heterocycles. The fraction of sp³-hybridized carbons (Fsp3) is 0.619. The average molecular weight is 464 g/mol. The molecular formula is C21H33N3O3Y-2. The van der Waals surface area contributed by atoms with Crippen LogP contribution in [0.5, 0.6) is 0 Å². The zero-order valence-corrected chi connectivity index (χ0v) is 20.4. The molecule has 1 N–H and O–H groups in total. The number of nitrogens with zero attached hydrogens (tertiary/aromatic N) is 2. The molecule has 2 fully saturated rings. The van der Waals surface area contributed by atoms with Crippen molar-refractivity contribution in [1.29, 1.82) is 0 Å². The van der Waals surface area contributed by atoms with Crippen LogP contribution in [-0.2, 0) is 42.2 Å². The first-order valence-corrected chi connectivity index (χ1v) is 9.70. The van der Waals surface area contributed by atoms with Crippen molar-refractivity contribution in [3.8, 4) is 0 Å². The molecule has 1 aromatic carbocycles. The summed E-state index contributed by atoms with van der Waals surface area (Å²) in [5.74, 6) is -0.0238. The summed E-state index contributed by atoms with van der Waals surface area (Å²) in [5, 5.41) is 7.16. The van der Waals surface area contributed by atoms with Gasteiger partial charge in [-0.15, -0.1) is 13.1 Å².